The topological polar surface area (TPSA) is 71.5 Å². The van der Waals surface area contributed by atoms with Crippen molar-refractivity contribution in [1.82, 2.24) is 9.88 Å². The number of morpholine rings is 1. The number of carbonyl (C=O) groups is 2. The fraction of sp³-hybridized carbons (Fsp3) is 0.350. The van der Waals surface area contributed by atoms with Crippen LogP contribution in [0.4, 0.5) is 5.69 Å². The van der Waals surface area contributed by atoms with E-state index < -0.39 is 0 Å². The number of rotatable bonds is 3. The fourth-order valence-corrected chi connectivity index (χ4v) is 3.50. The number of amides is 2. The second kappa shape index (κ2) is 6.88. The van der Waals surface area contributed by atoms with Crippen LogP contribution in [-0.4, -0.2) is 47.0 Å². The van der Waals surface area contributed by atoms with Crippen molar-refractivity contribution in [3.63, 3.8) is 0 Å². The van der Waals surface area contributed by atoms with E-state index in [1.807, 2.05) is 4.90 Å². The second-order valence-corrected chi connectivity index (χ2v) is 6.89. The molecule has 2 heterocycles. The Morgan fingerprint density at radius 3 is 2.73 bits per heavy atom. The molecule has 6 heteroatoms. The minimum atomic E-state index is -0.248. The number of benzene rings is 1. The van der Waals surface area contributed by atoms with Crippen molar-refractivity contribution in [2.45, 2.75) is 24.9 Å². The molecule has 1 saturated heterocycles. The molecule has 1 saturated carbocycles. The van der Waals surface area contributed by atoms with Gasteiger partial charge in [0.2, 0.25) is 0 Å². The Labute approximate surface area is 152 Å². The predicted octanol–water partition coefficient (Wildman–Crippen LogP) is 2.73. The number of nitrogens with one attached hydrogen (secondary N) is 1. The highest BCUT2D eigenvalue weighted by Gasteiger charge is 2.43. The van der Waals surface area contributed by atoms with Crippen LogP contribution in [0.3, 0.4) is 0 Å². The van der Waals surface area contributed by atoms with E-state index in [1.54, 1.807) is 42.6 Å². The van der Waals surface area contributed by atoms with Crippen molar-refractivity contribution in [3.8, 4) is 0 Å². The number of ether oxygens (including phenoxy) is 1. The zero-order chi connectivity index (χ0) is 18.0. The van der Waals surface area contributed by atoms with Gasteiger partial charge in [-0.25, -0.2) is 0 Å². The van der Waals surface area contributed by atoms with Crippen LogP contribution in [0.15, 0.2) is 48.8 Å². The van der Waals surface area contributed by atoms with Gasteiger partial charge in [0.1, 0.15) is 0 Å². The van der Waals surface area contributed by atoms with Crippen LogP contribution in [0.2, 0.25) is 0 Å². The summed E-state index contributed by atoms with van der Waals surface area (Å²) in [7, 11) is 0. The maximum atomic E-state index is 12.9. The van der Waals surface area contributed by atoms with Crippen molar-refractivity contribution in [2.24, 2.45) is 0 Å². The van der Waals surface area contributed by atoms with Crippen LogP contribution in [0.25, 0.3) is 0 Å². The van der Waals surface area contributed by atoms with Crippen LogP contribution in [0.1, 0.15) is 40.0 Å². The zero-order valence-electron chi connectivity index (χ0n) is 14.5. The van der Waals surface area contributed by atoms with E-state index in [4.69, 9.17) is 4.74 Å². The van der Waals surface area contributed by atoms with Gasteiger partial charge >= 0.3 is 0 Å². The molecule has 2 amide bonds. The standard InChI is InChI=1S/C20H21N3O3/c24-18(16-5-2-9-21-13-16)22-17-6-1-4-15(12-17)19(25)23-10-11-26-20(14-23)7-3-8-20/h1-2,4-6,9,12-13H,3,7-8,10-11,14H2,(H,22,24). The van der Waals surface area contributed by atoms with Gasteiger partial charge in [-0.15, -0.1) is 0 Å². The third-order valence-corrected chi connectivity index (χ3v) is 5.09. The third kappa shape index (κ3) is 3.32. The number of hydrogen-bond donors (Lipinski definition) is 1. The summed E-state index contributed by atoms with van der Waals surface area (Å²) >= 11 is 0. The van der Waals surface area contributed by atoms with E-state index in [0.29, 0.717) is 36.5 Å². The summed E-state index contributed by atoms with van der Waals surface area (Å²) in [4.78, 5) is 31.0. The van der Waals surface area contributed by atoms with Gasteiger partial charge < -0.3 is 15.0 Å². The molecule has 1 spiro atoms. The van der Waals surface area contributed by atoms with E-state index >= 15 is 0 Å². The Hall–Kier alpha value is -2.73. The first-order valence-corrected chi connectivity index (χ1v) is 8.90. The average molecular weight is 351 g/mol. The summed E-state index contributed by atoms with van der Waals surface area (Å²) in [6.07, 6.45) is 6.34. The van der Waals surface area contributed by atoms with E-state index in [0.717, 1.165) is 19.3 Å². The molecule has 2 aromatic rings. The van der Waals surface area contributed by atoms with Crippen LogP contribution in [0.5, 0.6) is 0 Å². The van der Waals surface area contributed by atoms with E-state index in [1.165, 1.54) is 6.20 Å². The molecule has 26 heavy (non-hydrogen) atoms. The molecule has 1 aromatic heterocycles. The number of aromatic nitrogens is 1. The van der Waals surface area contributed by atoms with Crippen LogP contribution < -0.4 is 5.32 Å². The Morgan fingerprint density at radius 2 is 2.00 bits per heavy atom. The van der Waals surface area contributed by atoms with E-state index in [2.05, 4.69) is 10.3 Å². The van der Waals surface area contributed by atoms with Gasteiger partial charge in [-0.05, 0) is 49.6 Å². The number of anilines is 1. The molecule has 4 rings (SSSR count). The first-order valence-electron chi connectivity index (χ1n) is 8.90. The maximum Gasteiger partial charge on any atom is 0.257 e. The molecule has 2 aliphatic rings. The first-order chi connectivity index (χ1) is 12.7. The molecular weight excluding hydrogens is 330 g/mol. The molecule has 0 atom stereocenters. The molecule has 1 N–H and O–H groups in total. The smallest absolute Gasteiger partial charge is 0.257 e. The fourth-order valence-electron chi connectivity index (χ4n) is 3.50. The lowest BCUT2D eigenvalue weighted by Gasteiger charge is -2.48. The normalized spacial score (nSPS) is 18.2. The lowest BCUT2D eigenvalue weighted by Crippen LogP contribution is -2.57. The number of carbonyl (C=O) groups excluding carboxylic acids is 2. The SMILES string of the molecule is O=C(Nc1cccc(C(=O)N2CCOC3(CCC3)C2)c1)c1cccnc1. The van der Waals surface area contributed by atoms with Crippen LogP contribution >= 0.6 is 0 Å². The Bertz CT molecular complexity index is 818. The number of hydrogen-bond acceptors (Lipinski definition) is 4. The molecular formula is C20H21N3O3. The minimum Gasteiger partial charge on any atom is -0.371 e. The summed E-state index contributed by atoms with van der Waals surface area (Å²) in [5, 5.41) is 2.82. The Morgan fingerprint density at radius 1 is 1.15 bits per heavy atom. The second-order valence-electron chi connectivity index (χ2n) is 6.89. The summed E-state index contributed by atoms with van der Waals surface area (Å²) in [5.41, 5.74) is 1.52. The van der Waals surface area contributed by atoms with Crippen LogP contribution in [-0.2, 0) is 4.74 Å². The summed E-state index contributed by atoms with van der Waals surface area (Å²) < 4.78 is 5.89. The molecule has 0 bridgehead atoms. The van der Waals surface area contributed by atoms with Gasteiger partial charge in [-0.2, -0.15) is 0 Å². The van der Waals surface area contributed by atoms with Gasteiger partial charge in [-0.3, -0.25) is 14.6 Å². The molecule has 1 aliphatic heterocycles. The van der Waals surface area contributed by atoms with Gasteiger partial charge in [0.15, 0.2) is 0 Å². The monoisotopic (exact) mass is 351 g/mol. The van der Waals surface area contributed by atoms with Gasteiger partial charge in [0.05, 0.1) is 24.3 Å². The molecule has 0 unspecified atom stereocenters. The average Bonchev–Trinajstić information content (AvgIpc) is 2.67. The van der Waals surface area contributed by atoms with Crippen molar-refractivity contribution < 1.29 is 14.3 Å². The van der Waals surface area contributed by atoms with Crippen molar-refractivity contribution >= 4 is 17.5 Å². The van der Waals surface area contributed by atoms with Gasteiger partial charge in [0, 0.05) is 30.2 Å². The molecule has 2 fully saturated rings. The largest absolute Gasteiger partial charge is 0.371 e. The molecule has 1 aliphatic carbocycles. The quantitative estimate of drug-likeness (QED) is 0.923. The highest BCUT2D eigenvalue weighted by molar-refractivity contribution is 6.04. The number of pyridine rings is 1. The minimum absolute atomic E-state index is 0.0166. The summed E-state index contributed by atoms with van der Waals surface area (Å²) in [6.45, 7) is 1.84. The maximum absolute atomic E-state index is 12.9. The van der Waals surface area contributed by atoms with Gasteiger partial charge in [0.25, 0.3) is 11.8 Å². The van der Waals surface area contributed by atoms with E-state index in [9.17, 15) is 9.59 Å². The highest BCUT2D eigenvalue weighted by Crippen LogP contribution is 2.38. The number of nitrogens with zero attached hydrogens (tertiary/aromatic N) is 2. The molecule has 134 valence electrons. The third-order valence-electron chi connectivity index (χ3n) is 5.09. The van der Waals surface area contributed by atoms with Crippen molar-refractivity contribution in [2.75, 3.05) is 25.0 Å². The highest BCUT2D eigenvalue weighted by atomic mass is 16.5. The summed E-state index contributed by atoms with van der Waals surface area (Å²) in [6, 6.07) is 10.5. The summed E-state index contributed by atoms with van der Waals surface area (Å²) in [5.74, 6) is -0.264. The zero-order valence-corrected chi connectivity index (χ0v) is 14.5. The van der Waals surface area contributed by atoms with Crippen molar-refractivity contribution in [1.29, 1.82) is 0 Å². The first kappa shape index (κ1) is 16.7. The van der Waals surface area contributed by atoms with Gasteiger partial charge in [-0.1, -0.05) is 6.07 Å². The predicted molar refractivity (Wildman–Crippen MR) is 97.1 cm³/mol. The lowest BCUT2D eigenvalue weighted by atomic mass is 9.79. The Kier molecular flexibility index (Phi) is 4.42. The molecule has 0 radical (unpaired) electrons. The molecule has 1 aromatic carbocycles. The Balaban J connectivity index is 1.47. The van der Waals surface area contributed by atoms with Crippen molar-refractivity contribution in [3.05, 3.63) is 59.9 Å². The van der Waals surface area contributed by atoms with Crippen LogP contribution in [0, 0.1) is 0 Å². The lowest BCUT2D eigenvalue weighted by molar-refractivity contribution is -0.142. The molecule has 6 nitrogen and oxygen atoms in total. The van der Waals surface area contributed by atoms with E-state index in [-0.39, 0.29) is 17.4 Å².